The standard InChI is InChI=1S/C20H12FNO2S/c21-13-7-5-12(6-8-13)20(24)22-14-9-10-18-16(11-14)19(23)15-3-1-2-4-17(15)25-18/h1-11H,(H,22,24). The predicted molar refractivity (Wildman–Crippen MR) is 100.0 cm³/mol. The van der Waals surface area contributed by atoms with Gasteiger partial charge in [-0.05, 0) is 54.6 Å². The van der Waals surface area contributed by atoms with E-state index in [0.717, 1.165) is 9.40 Å². The minimum absolute atomic E-state index is 0.0535. The fourth-order valence-corrected chi connectivity index (χ4v) is 3.74. The summed E-state index contributed by atoms with van der Waals surface area (Å²) < 4.78 is 14.8. The van der Waals surface area contributed by atoms with Crippen molar-refractivity contribution in [1.29, 1.82) is 0 Å². The molecule has 0 unspecified atom stereocenters. The topological polar surface area (TPSA) is 46.2 Å². The number of nitrogens with one attached hydrogen (secondary N) is 1. The van der Waals surface area contributed by atoms with Gasteiger partial charge in [-0.25, -0.2) is 4.39 Å². The Bertz CT molecular complexity index is 1170. The van der Waals surface area contributed by atoms with Gasteiger partial charge in [-0.3, -0.25) is 9.59 Å². The number of fused-ring (bicyclic) bond motifs is 2. The summed E-state index contributed by atoms with van der Waals surface area (Å²) in [7, 11) is 0. The summed E-state index contributed by atoms with van der Waals surface area (Å²) in [6, 6.07) is 18.0. The van der Waals surface area contributed by atoms with E-state index in [1.807, 2.05) is 24.3 Å². The van der Waals surface area contributed by atoms with Gasteiger partial charge in [0.25, 0.3) is 5.91 Å². The van der Waals surface area contributed by atoms with Crippen molar-refractivity contribution in [3.8, 4) is 0 Å². The number of hydrogen-bond donors (Lipinski definition) is 1. The molecule has 0 atom stereocenters. The van der Waals surface area contributed by atoms with Gasteiger partial charge in [-0.2, -0.15) is 0 Å². The molecule has 1 amide bonds. The maximum absolute atomic E-state index is 13.0. The van der Waals surface area contributed by atoms with Crippen LogP contribution in [0.4, 0.5) is 10.1 Å². The van der Waals surface area contributed by atoms with Crippen molar-refractivity contribution >= 4 is 43.1 Å². The second-order valence-corrected chi connectivity index (χ2v) is 6.68. The maximum Gasteiger partial charge on any atom is 0.255 e. The van der Waals surface area contributed by atoms with Crippen molar-refractivity contribution in [3.05, 3.63) is 88.3 Å². The van der Waals surface area contributed by atoms with E-state index in [0.29, 0.717) is 22.0 Å². The molecule has 4 rings (SSSR count). The number of rotatable bonds is 2. The molecule has 3 aromatic carbocycles. The first-order valence-electron chi connectivity index (χ1n) is 7.64. The Morgan fingerprint density at radius 1 is 0.880 bits per heavy atom. The van der Waals surface area contributed by atoms with Crippen LogP contribution >= 0.6 is 11.3 Å². The molecule has 0 aliphatic carbocycles. The van der Waals surface area contributed by atoms with Crippen LogP contribution in [-0.4, -0.2) is 5.91 Å². The molecule has 0 bridgehead atoms. The van der Waals surface area contributed by atoms with Crippen LogP contribution in [0.2, 0.25) is 0 Å². The summed E-state index contributed by atoms with van der Waals surface area (Å²) >= 11 is 1.54. The Kier molecular flexibility index (Phi) is 3.78. The summed E-state index contributed by atoms with van der Waals surface area (Å²) in [4.78, 5) is 24.9. The molecule has 1 N–H and O–H groups in total. The number of hydrogen-bond acceptors (Lipinski definition) is 3. The van der Waals surface area contributed by atoms with Gasteiger partial charge in [0.15, 0.2) is 5.43 Å². The zero-order chi connectivity index (χ0) is 17.4. The SMILES string of the molecule is O=C(Nc1ccc2sc3ccccc3c(=O)c2c1)c1ccc(F)cc1. The summed E-state index contributed by atoms with van der Waals surface area (Å²) in [5.74, 6) is -0.747. The fraction of sp³-hybridized carbons (Fsp3) is 0. The fourth-order valence-electron chi connectivity index (χ4n) is 2.69. The monoisotopic (exact) mass is 349 g/mol. The van der Waals surface area contributed by atoms with Crippen LogP contribution in [0.5, 0.6) is 0 Å². The Balaban J connectivity index is 1.74. The second kappa shape index (κ2) is 6.11. The molecule has 5 heteroatoms. The zero-order valence-electron chi connectivity index (χ0n) is 13.0. The van der Waals surface area contributed by atoms with Gasteiger partial charge in [0.1, 0.15) is 5.82 Å². The van der Waals surface area contributed by atoms with Crippen molar-refractivity contribution in [1.82, 2.24) is 0 Å². The summed E-state index contributed by atoms with van der Waals surface area (Å²) in [5, 5.41) is 3.99. The van der Waals surface area contributed by atoms with Crippen LogP contribution in [0, 0.1) is 5.82 Å². The third kappa shape index (κ3) is 2.90. The molecule has 4 aromatic rings. The van der Waals surface area contributed by atoms with Gasteiger partial charge in [0.05, 0.1) is 0 Å². The first kappa shape index (κ1) is 15.5. The Morgan fingerprint density at radius 2 is 1.60 bits per heavy atom. The molecule has 0 aliphatic heterocycles. The third-order valence-corrected chi connectivity index (χ3v) is 5.09. The molecule has 1 heterocycles. The Labute approximate surface area is 146 Å². The number of carbonyl (C=O) groups is 1. The first-order chi connectivity index (χ1) is 12.1. The highest BCUT2D eigenvalue weighted by molar-refractivity contribution is 7.24. The minimum Gasteiger partial charge on any atom is -0.322 e. The van der Waals surface area contributed by atoms with Crippen molar-refractivity contribution in [3.63, 3.8) is 0 Å². The van der Waals surface area contributed by atoms with E-state index in [1.165, 1.54) is 35.6 Å². The van der Waals surface area contributed by atoms with Crippen LogP contribution in [0.25, 0.3) is 20.2 Å². The second-order valence-electron chi connectivity index (χ2n) is 5.60. The lowest BCUT2D eigenvalue weighted by Crippen LogP contribution is -2.12. The lowest BCUT2D eigenvalue weighted by atomic mass is 10.1. The molecule has 25 heavy (non-hydrogen) atoms. The molecule has 0 saturated heterocycles. The van der Waals surface area contributed by atoms with Crippen molar-refractivity contribution in [2.75, 3.05) is 5.32 Å². The smallest absolute Gasteiger partial charge is 0.255 e. The van der Waals surface area contributed by atoms with E-state index in [-0.39, 0.29) is 11.3 Å². The van der Waals surface area contributed by atoms with E-state index in [9.17, 15) is 14.0 Å². The zero-order valence-corrected chi connectivity index (χ0v) is 13.8. The van der Waals surface area contributed by atoms with Gasteiger partial charge in [0, 0.05) is 31.4 Å². The molecule has 1 aromatic heterocycles. The lowest BCUT2D eigenvalue weighted by Gasteiger charge is -2.07. The Morgan fingerprint density at radius 3 is 2.40 bits per heavy atom. The molecule has 0 fully saturated rings. The quantitative estimate of drug-likeness (QED) is 0.528. The van der Waals surface area contributed by atoms with Gasteiger partial charge < -0.3 is 5.32 Å². The average Bonchev–Trinajstić information content (AvgIpc) is 2.63. The van der Waals surface area contributed by atoms with Crippen LogP contribution in [0.3, 0.4) is 0 Å². The van der Waals surface area contributed by atoms with E-state index in [1.54, 1.807) is 18.2 Å². The summed E-state index contributed by atoms with van der Waals surface area (Å²) in [5.41, 5.74) is 0.828. The van der Waals surface area contributed by atoms with Gasteiger partial charge in [0.2, 0.25) is 0 Å². The normalized spacial score (nSPS) is 10.9. The first-order valence-corrected chi connectivity index (χ1v) is 8.46. The number of carbonyl (C=O) groups excluding carboxylic acids is 1. The van der Waals surface area contributed by atoms with E-state index in [2.05, 4.69) is 5.32 Å². The number of benzene rings is 3. The largest absolute Gasteiger partial charge is 0.322 e. The molecule has 3 nitrogen and oxygen atoms in total. The predicted octanol–water partition coefficient (Wildman–Crippen LogP) is 4.81. The van der Waals surface area contributed by atoms with Crippen molar-refractivity contribution in [2.24, 2.45) is 0 Å². The van der Waals surface area contributed by atoms with Crippen LogP contribution in [-0.2, 0) is 0 Å². The maximum atomic E-state index is 13.0. The lowest BCUT2D eigenvalue weighted by molar-refractivity contribution is 0.102. The molecule has 122 valence electrons. The van der Waals surface area contributed by atoms with Gasteiger partial charge in [-0.1, -0.05) is 12.1 Å². The Hall–Kier alpha value is -3.05. The van der Waals surface area contributed by atoms with Crippen molar-refractivity contribution in [2.45, 2.75) is 0 Å². The highest BCUT2D eigenvalue weighted by atomic mass is 32.1. The summed E-state index contributed by atoms with van der Waals surface area (Å²) in [6.45, 7) is 0. The molecule has 0 spiro atoms. The van der Waals surface area contributed by atoms with Crippen LogP contribution in [0.15, 0.2) is 71.5 Å². The highest BCUT2D eigenvalue weighted by Gasteiger charge is 2.09. The number of amides is 1. The average molecular weight is 349 g/mol. The third-order valence-electron chi connectivity index (χ3n) is 3.94. The van der Waals surface area contributed by atoms with E-state index in [4.69, 9.17) is 0 Å². The highest BCUT2D eigenvalue weighted by Crippen LogP contribution is 2.26. The van der Waals surface area contributed by atoms with E-state index >= 15 is 0 Å². The molecular formula is C20H12FNO2S. The van der Waals surface area contributed by atoms with Gasteiger partial charge >= 0.3 is 0 Å². The van der Waals surface area contributed by atoms with Crippen molar-refractivity contribution < 1.29 is 9.18 Å². The number of anilines is 1. The molecular weight excluding hydrogens is 337 g/mol. The summed E-state index contributed by atoms with van der Waals surface area (Å²) in [6.07, 6.45) is 0. The minimum atomic E-state index is -0.397. The molecule has 0 aliphatic rings. The molecule has 0 radical (unpaired) electrons. The number of halogens is 1. The van der Waals surface area contributed by atoms with Crippen LogP contribution in [0.1, 0.15) is 10.4 Å². The van der Waals surface area contributed by atoms with E-state index < -0.39 is 5.82 Å². The van der Waals surface area contributed by atoms with Gasteiger partial charge in [-0.15, -0.1) is 11.3 Å². The van der Waals surface area contributed by atoms with Crippen LogP contribution < -0.4 is 10.7 Å². The molecule has 0 saturated carbocycles.